The van der Waals surface area contributed by atoms with Crippen LogP contribution in [0, 0.1) is 11.8 Å². The number of nitrogens with two attached hydrogens (primary N) is 1. The summed E-state index contributed by atoms with van der Waals surface area (Å²) in [7, 11) is 1.31. The standard InChI is InChI=1S/C14H15NO3S/c1-10(16)19-8-4-3-5-11-6-7-12(15)9-13(11)14(17)18-2/h6-7,9H,4,8,15H2,1-2H3. The Morgan fingerprint density at radius 2 is 2.16 bits per heavy atom. The molecule has 0 saturated heterocycles. The van der Waals surface area contributed by atoms with E-state index in [9.17, 15) is 9.59 Å². The van der Waals surface area contributed by atoms with Crippen molar-refractivity contribution in [2.75, 3.05) is 18.6 Å². The molecule has 2 N–H and O–H groups in total. The first-order valence-corrected chi connectivity index (χ1v) is 6.63. The van der Waals surface area contributed by atoms with Gasteiger partial charge in [0.15, 0.2) is 5.12 Å². The van der Waals surface area contributed by atoms with Crippen LogP contribution in [0.3, 0.4) is 0 Å². The molecule has 0 aromatic heterocycles. The smallest absolute Gasteiger partial charge is 0.339 e. The molecule has 0 saturated carbocycles. The number of carbonyl (C=O) groups is 2. The second-order valence-corrected chi connectivity index (χ2v) is 4.96. The number of hydrogen-bond acceptors (Lipinski definition) is 5. The number of benzene rings is 1. The minimum atomic E-state index is -0.463. The van der Waals surface area contributed by atoms with Gasteiger partial charge in [-0.2, -0.15) is 0 Å². The third-order valence-corrected chi connectivity index (χ3v) is 3.02. The molecule has 0 heterocycles. The molecular weight excluding hydrogens is 262 g/mol. The van der Waals surface area contributed by atoms with Crippen molar-refractivity contribution in [3.63, 3.8) is 0 Å². The van der Waals surface area contributed by atoms with Crippen LogP contribution in [0.25, 0.3) is 0 Å². The number of methoxy groups -OCH3 is 1. The molecule has 4 nitrogen and oxygen atoms in total. The van der Waals surface area contributed by atoms with Gasteiger partial charge in [-0.1, -0.05) is 23.6 Å². The van der Waals surface area contributed by atoms with Crippen LogP contribution in [0.5, 0.6) is 0 Å². The van der Waals surface area contributed by atoms with Gasteiger partial charge in [0.2, 0.25) is 0 Å². The Bertz CT molecular complexity index is 543. The molecule has 0 aliphatic heterocycles. The summed E-state index contributed by atoms with van der Waals surface area (Å²) in [6.45, 7) is 1.52. The van der Waals surface area contributed by atoms with Gasteiger partial charge in [0, 0.05) is 30.3 Å². The Hall–Kier alpha value is -1.93. The van der Waals surface area contributed by atoms with E-state index in [0.717, 1.165) is 0 Å². The Balaban J connectivity index is 2.80. The van der Waals surface area contributed by atoms with Crippen LogP contribution in [0.1, 0.15) is 29.3 Å². The van der Waals surface area contributed by atoms with Crippen molar-refractivity contribution in [1.29, 1.82) is 0 Å². The molecule has 0 bridgehead atoms. The van der Waals surface area contributed by atoms with Crippen LogP contribution in [-0.4, -0.2) is 23.9 Å². The fourth-order valence-electron chi connectivity index (χ4n) is 1.35. The lowest BCUT2D eigenvalue weighted by Gasteiger charge is -2.03. The summed E-state index contributed by atoms with van der Waals surface area (Å²) in [4.78, 5) is 22.3. The largest absolute Gasteiger partial charge is 0.465 e. The number of nitrogen functional groups attached to an aromatic ring is 1. The van der Waals surface area contributed by atoms with Crippen molar-refractivity contribution in [3.8, 4) is 11.8 Å². The Labute approximate surface area is 116 Å². The average molecular weight is 277 g/mol. The molecule has 19 heavy (non-hydrogen) atoms. The second-order valence-electron chi connectivity index (χ2n) is 3.69. The van der Waals surface area contributed by atoms with Gasteiger partial charge in [-0.15, -0.1) is 0 Å². The van der Waals surface area contributed by atoms with E-state index in [-0.39, 0.29) is 5.12 Å². The first-order chi connectivity index (χ1) is 9.04. The minimum absolute atomic E-state index is 0.0736. The van der Waals surface area contributed by atoms with Gasteiger partial charge < -0.3 is 10.5 Å². The molecule has 100 valence electrons. The van der Waals surface area contributed by atoms with E-state index in [1.165, 1.54) is 25.8 Å². The first kappa shape index (κ1) is 15.1. The van der Waals surface area contributed by atoms with Crippen LogP contribution in [0.15, 0.2) is 18.2 Å². The van der Waals surface area contributed by atoms with Gasteiger partial charge >= 0.3 is 5.97 Å². The normalized spacial score (nSPS) is 9.37. The molecular formula is C14H15NO3S. The average Bonchev–Trinajstić information content (AvgIpc) is 2.38. The van der Waals surface area contributed by atoms with Crippen LogP contribution < -0.4 is 5.73 Å². The molecule has 0 atom stereocenters. The lowest BCUT2D eigenvalue weighted by Crippen LogP contribution is -2.05. The highest BCUT2D eigenvalue weighted by atomic mass is 32.2. The Morgan fingerprint density at radius 1 is 1.42 bits per heavy atom. The molecule has 0 aliphatic rings. The van der Waals surface area contributed by atoms with Crippen LogP contribution >= 0.6 is 11.8 Å². The van der Waals surface area contributed by atoms with Gasteiger partial charge in [-0.25, -0.2) is 4.79 Å². The molecule has 1 rings (SSSR count). The van der Waals surface area contributed by atoms with E-state index < -0.39 is 5.97 Å². The van der Waals surface area contributed by atoms with E-state index >= 15 is 0 Å². The van der Waals surface area contributed by atoms with Crippen molar-refractivity contribution in [3.05, 3.63) is 29.3 Å². The Kier molecular flexibility index (Phi) is 5.97. The summed E-state index contributed by atoms with van der Waals surface area (Å²) in [5.41, 5.74) is 7.05. The maximum Gasteiger partial charge on any atom is 0.339 e. The van der Waals surface area contributed by atoms with Gasteiger partial charge in [-0.3, -0.25) is 4.79 Å². The van der Waals surface area contributed by atoms with Gasteiger partial charge in [0.05, 0.1) is 12.7 Å². The predicted octanol–water partition coefficient (Wildman–Crippen LogP) is 2.08. The molecule has 0 amide bonds. The minimum Gasteiger partial charge on any atom is -0.465 e. The summed E-state index contributed by atoms with van der Waals surface area (Å²) in [6.07, 6.45) is 0.579. The Morgan fingerprint density at radius 3 is 2.79 bits per heavy atom. The fraction of sp³-hybridized carbons (Fsp3) is 0.286. The van der Waals surface area contributed by atoms with Crippen molar-refractivity contribution in [2.24, 2.45) is 0 Å². The number of hydrogen-bond donors (Lipinski definition) is 1. The highest BCUT2D eigenvalue weighted by Crippen LogP contribution is 2.14. The zero-order valence-corrected chi connectivity index (χ0v) is 11.7. The molecule has 0 fully saturated rings. The quantitative estimate of drug-likeness (QED) is 0.396. The number of ether oxygens (including phenoxy) is 1. The lowest BCUT2D eigenvalue weighted by molar-refractivity contribution is -0.109. The van der Waals surface area contributed by atoms with Crippen LogP contribution in [0.2, 0.25) is 0 Å². The molecule has 0 unspecified atom stereocenters. The van der Waals surface area contributed by atoms with E-state index in [2.05, 4.69) is 16.6 Å². The summed E-state index contributed by atoms with van der Waals surface area (Å²) in [5.74, 6) is 6.00. The zero-order valence-electron chi connectivity index (χ0n) is 10.9. The van der Waals surface area contributed by atoms with E-state index in [0.29, 0.717) is 29.0 Å². The number of esters is 1. The molecule has 1 aromatic carbocycles. The van der Waals surface area contributed by atoms with Crippen molar-refractivity contribution >= 4 is 28.5 Å². The summed E-state index contributed by atoms with van der Waals surface area (Å²) >= 11 is 1.23. The topological polar surface area (TPSA) is 69.4 Å². The summed E-state index contributed by atoms with van der Waals surface area (Å²) in [5, 5.41) is 0.0736. The molecule has 0 radical (unpaired) electrons. The highest BCUT2D eigenvalue weighted by molar-refractivity contribution is 8.13. The predicted molar refractivity (Wildman–Crippen MR) is 76.8 cm³/mol. The van der Waals surface area contributed by atoms with E-state index in [1.54, 1.807) is 18.2 Å². The molecule has 0 aliphatic carbocycles. The van der Waals surface area contributed by atoms with E-state index in [1.807, 2.05) is 0 Å². The third kappa shape index (κ3) is 5.06. The molecule has 0 spiro atoms. The van der Waals surface area contributed by atoms with Crippen molar-refractivity contribution in [1.82, 2.24) is 0 Å². The number of anilines is 1. The fourth-order valence-corrected chi connectivity index (χ4v) is 1.84. The maximum absolute atomic E-state index is 11.6. The second kappa shape index (κ2) is 7.49. The SMILES string of the molecule is COC(=O)c1cc(N)ccc1C#CCCSC(C)=O. The summed E-state index contributed by atoms with van der Waals surface area (Å²) in [6, 6.07) is 4.91. The lowest BCUT2D eigenvalue weighted by atomic mass is 10.1. The van der Waals surface area contributed by atoms with Crippen molar-refractivity contribution in [2.45, 2.75) is 13.3 Å². The van der Waals surface area contributed by atoms with Crippen molar-refractivity contribution < 1.29 is 14.3 Å². The molecule has 1 aromatic rings. The summed E-state index contributed by atoms with van der Waals surface area (Å²) < 4.78 is 4.68. The first-order valence-electron chi connectivity index (χ1n) is 5.64. The van der Waals surface area contributed by atoms with Gasteiger partial charge in [-0.05, 0) is 18.2 Å². The molecule has 5 heteroatoms. The van der Waals surface area contributed by atoms with Crippen LogP contribution in [-0.2, 0) is 9.53 Å². The number of thioether (sulfide) groups is 1. The third-order valence-electron chi connectivity index (χ3n) is 2.20. The van der Waals surface area contributed by atoms with Gasteiger partial charge in [0.1, 0.15) is 0 Å². The monoisotopic (exact) mass is 277 g/mol. The van der Waals surface area contributed by atoms with E-state index in [4.69, 9.17) is 5.73 Å². The number of carbonyl (C=O) groups excluding carboxylic acids is 2. The van der Waals surface area contributed by atoms with Gasteiger partial charge in [0.25, 0.3) is 0 Å². The zero-order chi connectivity index (χ0) is 14.3. The maximum atomic E-state index is 11.6. The number of rotatable bonds is 3. The highest BCUT2D eigenvalue weighted by Gasteiger charge is 2.10. The van der Waals surface area contributed by atoms with Crippen LogP contribution in [0.4, 0.5) is 5.69 Å².